The van der Waals surface area contributed by atoms with Gasteiger partial charge in [0.15, 0.2) is 0 Å². The third-order valence-electron chi connectivity index (χ3n) is 3.16. The van der Waals surface area contributed by atoms with Gasteiger partial charge in [-0.3, -0.25) is 4.57 Å². The van der Waals surface area contributed by atoms with Crippen LogP contribution in [0.4, 0.5) is 0 Å². The van der Waals surface area contributed by atoms with Crippen molar-refractivity contribution in [1.82, 2.24) is 4.57 Å². The molecule has 0 radical (unpaired) electrons. The predicted octanol–water partition coefficient (Wildman–Crippen LogP) is 3.42. The molecule has 0 amide bonds. The Kier molecular flexibility index (Phi) is 3.69. The van der Waals surface area contributed by atoms with Crippen molar-refractivity contribution in [2.45, 2.75) is 6.54 Å². The van der Waals surface area contributed by atoms with E-state index in [-0.39, 0.29) is 6.54 Å². The fraction of sp³-hybridized carbons (Fsp3) is 0.0667. The maximum absolute atomic E-state index is 12.0. The third kappa shape index (κ3) is 2.66. The molecule has 6 heteroatoms. The Labute approximate surface area is 132 Å². The fourth-order valence-corrected chi connectivity index (χ4v) is 2.87. The zero-order valence-corrected chi connectivity index (χ0v) is 13.0. The molecule has 21 heavy (non-hydrogen) atoms. The van der Waals surface area contributed by atoms with E-state index < -0.39 is 11.4 Å². The van der Waals surface area contributed by atoms with Crippen molar-refractivity contribution in [3.8, 4) is 0 Å². The van der Waals surface area contributed by atoms with Gasteiger partial charge in [-0.1, -0.05) is 45.7 Å². The summed E-state index contributed by atoms with van der Waals surface area (Å²) in [6, 6.07) is 12.2. The number of halogens is 2. The lowest BCUT2D eigenvalue weighted by atomic mass is 10.2. The average molecular weight is 367 g/mol. The van der Waals surface area contributed by atoms with Crippen molar-refractivity contribution in [3.05, 3.63) is 78.5 Å². The van der Waals surface area contributed by atoms with Crippen LogP contribution in [0.3, 0.4) is 0 Å². The molecular formula is C15H9BrClNO3. The molecule has 1 aromatic heterocycles. The first-order valence-electron chi connectivity index (χ1n) is 6.13. The summed E-state index contributed by atoms with van der Waals surface area (Å²) in [5.41, 5.74) is 0.660. The van der Waals surface area contributed by atoms with Crippen molar-refractivity contribution in [2.75, 3.05) is 0 Å². The minimum atomic E-state index is -0.697. The SMILES string of the molecule is O=c1oc(=O)n(Cc2ccc(Br)cc2Cl)c2ccccc12. The first kappa shape index (κ1) is 14.1. The number of hydrogen-bond donors (Lipinski definition) is 0. The van der Waals surface area contributed by atoms with E-state index in [1.165, 1.54) is 4.57 Å². The molecule has 4 nitrogen and oxygen atoms in total. The van der Waals surface area contributed by atoms with E-state index in [0.717, 1.165) is 10.0 Å². The molecule has 0 unspecified atom stereocenters. The van der Waals surface area contributed by atoms with E-state index in [2.05, 4.69) is 15.9 Å². The van der Waals surface area contributed by atoms with Gasteiger partial charge in [-0.2, -0.15) is 0 Å². The van der Waals surface area contributed by atoms with Crippen LogP contribution < -0.4 is 11.4 Å². The number of rotatable bonds is 2. The van der Waals surface area contributed by atoms with Crippen LogP contribution in [0.1, 0.15) is 5.56 Å². The van der Waals surface area contributed by atoms with Gasteiger partial charge in [0, 0.05) is 9.50 Å². The van der Waals surface area contributed by atoms with Gasteiger partial charge in [0.1, 0.15) is 0 Å². The molecule has 0 fully saturated rings. The standard InChI is InChI=1S/C15H9BrClNO3/c16-10-6-5-9(12(17)7-10)8-18-13-4-2-1-3-11(13)14(19)21-15(18)20/h1-7H,8H2. The molecule has 1 heterocycles. The molecule has 0 saturated heterocycles. The van der Waals surface area contributed by atoms with Gasteiger partial charge in [0.2, 0.25) is 0 Å². The summed E-state index contributed by atoms with van der Waals surface area (Å²) in [6.07, 6.45) is 0. The number of aromatic nitrogens is 1. The van der Waals surface area contributed by atoms with Gasteiger partial charge in [-0.15, -0.1) is 0 Å². The smallest absolute Gasteiger partial charge is 0.372 e. The number of nitrogens with zero attached hydrogens (tertiary/aromatic N) is 1. The number of para-hydroxylation sites is 1. The highest BCUT2D eigenvalue weighted by molar-refractivity contribution is 9.10. The largest absolute Gasteiger partial charge is 0.422 e. The summed E-state index contributed by atoms with van der Waals surface area (Å²) in [7, 11) is 0. The van der Waals surface area contributed by atoms with Crippen molar-refractivity contribution in [3.63, 3.8) is 0 Å². The summed E-state index contributed by atoms with van der Waals surface area (Å²) >= 11 is 9.51. The summed E-state index contributed by atoms with van der Waals surface area (Å²) in [5, 5.41) is 0.900. The van der Waals surface area contributed by atoms with Gasteiger partial charge in [-0.05, 0) is 29.8 Å². The Morgan fingerprint density at radius 2 is 1.90 bits per heavy atom. The van der Waals surface area contributed by atoms with Gasteiger partial charge in [0.05, 0.1) is 17.4 Å². The monoisotopic (exact) mass is 365 g/mol. The Morgan fingerprint density at radius 1 is 1.14 bits per heavy atom. The second kappa shape index (κ2) is 5.50. The van der Waals surface area contributed by atoms with Crippen molar-refractivity contribution in [1.29, 1.82) is 0 Å². The average Bonchev–Trinajstić information content (AvgIpc) is 2.45. The normalized spacial score (nSPS) is 11.0. The first-order chi connectivity index (χ1) is 10.1. The molecule has 0 aliphatic carbocycles. The molecule has 106 valence electrons. The second-order valence-corrected chi connectivity index (χ2v) is 5.82. The molecule has 0 aliphatic heterocycles. The number of fused-ring (bicyclic) bond motifs is 1. The summed E-state index contributed by atoms with van der Waals surface area (Å²) < 4.78 is 7.01. The minimum Gasteiger partial charge on any atom is -0.372 e. The minimum absolute atomic E-state index is 0.231. The van der Waals surface area contributed by atoms with E-state index in [1.807, 2.05) is 12.1 Å². The zero-order chi connectivity index (χ0) is 15.0. The summed E-state index contributed by atoms with van der Waals surface area (Å²) in [6.45, 7) is 0.231. The molecule has 3 aromatic rings. The lowest BCUT2D eigenvalue weighted by Crippen LogP contribution is -2.25. The highest BCUT2D eigenvalue weighted by atomic mass is 79.9. The molecule has 0 spiro atoms. The van der Waals surface area contributed by atoms with E-state index in [1.54, 1.807) is 30.3 Å². The van der Waals surface area contributed by atoms with Crippen LogP contribution >= 0.6 is 27.5 Å². The number of hydrogen-bond acceptors (Lipinski definition) is 3. The number of benzene rings is 2. The molecule has 2 aromatic carbocycles. The van der Waals surface area contributed by atoms with Crippen LogP contribution in [0.25, 0.3) is 10.9 Å². The molecule has 0 atom stereocenters. The predicted molar refractivity (Wildman–Crippen MR) is 85.0 cm³/mol. The first-order valence-corrected chi connectivity index (χ1v) is 7.30. The Bertz CT molecular complexity index is 946. The molecule has 3 rings (SSSR count). The highest BCUT2D eigenvalue weighted by Crippen LogP contribution is 2.22. The maximum atomic E-state index is 12.0. The van der Waals surface area contributed by atoms with Crippen LogP contribution in [0.2, 0.25) is 5.02 Å². The lowest BCUT2D eigenvalue weighted by Gasteiger charge is -2.10. The fourth-order valence-electron chi connectivity index (χ4n) is 2.14. The third-order valence-corrected chi connectivity index (χ3v) is 4.00. The Balaban J connectivity index is 2.21. The molecule has 0 aliphatic rings. The topological polar surface area (TPSA) is 52.2 Å². The van der Waals surface area contributed by atoms with Gasteiger partial charge < -0.3 is 4.42 Å². The zero-order valence-electron chi connectivity index (χ0n) is 10.7. The summed E-state index contributed by atoms with van der Waals surface area (Å²) in [4.78, 5) is 23.7. The van der Waals surface area contributed by atoms with Crippen LogP contribution in [0, 0.1) is 0 Å². The second-order valence-electron chi connectivity index (χ2n) is 4.49. The van der Waals surface area contributed by atoms with Crippen molar-refractivity contribution in [2.24, 2.45) is 0 Å². The van der Waals surface area contributed by atoms with Crippen molar-refractivity contribution < 1.29 is 4.42 Å². The molecule has 0 bridgehead atoms. The van der Waals surface area contributed by atoms with Gasteiger partial charge >= 0.3 is 11.4 Å². The highest BCUT2D eigenvalue weighted by Gasteiger charge is 2.11. The molecule has 0 saturated carbocycles. The van der Waals surface area contributed by atoms with Gasteiger partial charge in [-0.25, -0.2) is 9.59 Å². The molecular weight excluding hydrogens is 358 g/mol. The van der Waals surface area contributed by atoms with Crippen LogP contribution in [0.15, 0.2) is 60.9 Å². The van der Waals surface area contributed by atoms with E-state index in [9.17, 15) is 9.59 Å². The maximum Gasteiger partial charge on any atom is 0.422 e. The Morgan fingerprint density at radius 3 is 2.67 bits per heavy atom. The van der Waals surface area contributed by atoms with E-state index in [4.69, 9.17) is 16.0 Å². The van der Waals surface area contributed by atoms with Crippen LogP contribution in [0.5, 0.6) is 0 Å². The summed E-state index contributed by atoms with van der Waals surface area (Å²) in [5.74, 6) is -0.697. The Hall–Kier alpha value is -1.85. The van der Waals surface area contributed by atoms with E-state index in [0.29, 0.717) is 15.9 Å². The lowest BCUT2D eigenvalue weighted by molar-refractivity contribution is 0.425. The van der Waals surface area contributed by atoms with E-state index >= 15 is 0 Å². The van der Waals surface area contributed by atoms with Crippen molar-refractivity contribution >= 4 is 38.4 Å². The van der Waals surface area contributed by atoms with Crippen LogP contribution in [-0.4, -0.2) is 4.57 Å². The quantitative estimate of drug-likeness (QED) is 0.698. The van der Waals surface area contributed by atoms with Crippen LogP contribution in [-0.2, 0) is 6.54 Å². The molecule has 0 N–H and O–H groups in total. The van der Waals surface area contributed by atoms with Gasteiger partial charge in [0.25, 0.3) is 0 Å².